The first-order valence-corrected chi connectivity index (χ1v) is 8.54. The molecule has 0 radical (unpaired) electrons. The van der Waals surface area contributed by atoms with E-state index >= 15 is 0 Å². The zero-order chi connectivity index (χ0) is 16.4. The van der Waals surface area contributed by atoms with Gasteiger partial charge < -0.3 is 10.1 Å². The molecule has 1 N–H and O–H groups in total. The molecule has 4 heteroatoms. The molecule has 0 fully saturated rings. The molecular formula is C17H32N2OS. The van der Waals surface area contributed by atoms with E-state index < -0.39 is 0 Å². The van der Waals surface area contributed by atoms with Gasteiger partial charge in [0.25, 0.3) is 0 Å². The van der Waals surface area contributed by atoms with Crippen LogP contribution in [0.4, 0.5) is 0 Å². The SMILES string of the molecule is COC(c1nc(C(C)C)c(CNC(C)(C)C)s1)C(C)(C)C. The second-order valence-electron chi connectivity index (χ2n) is 8.10. The topological polar surface area (TPSA) is 34.1 Å². The van der Waals surface area contributed by atoms with Crippen molar-refractivity contribution in [2.24, 2.45) is 5.41 Å². The number of methoxy groups -OCH3 is 1. The smallest absolute Gasteiger partial charge is 0.123 e. The van der Waals surface area contributed by atoms with Crippen LogP contribution >= 0.6 is 11.3 Å². The number of thiazole rings is 1. The van der Waals surface area contributed by atoms with Crippen molar-refractivity contribution in [3.63, 3.8) is 0 Å². The Kier molecular flexibility index (Phi) is 5.99. The van der Waals surface area contributed by atoms with Gasteiger partial charge in [-0.1, -0.05) is 34.6 Å². The van der Waals surface area contributed by atoms with Crippen molar-refractivity contribution < 1.29 is 4.74 Å². The summed E-state index contributed by atoms with van der Waals surface area (Å²) in [6.07, 6.45) is 0.0448. The molecule has 0 aliphatic carbocycles. The van der Waals surface area contributed by atoms with Crippen molar-refractivity contribution in [3.8, 4) is 0 Å². The molecule has 0 amide bonds. The van der Waals surface area contributed by atoms with E-state index in [9.17, 15) is 0 Å². The number of nitrogens with zero attached hydrogens (tertiary/aromatic N) is 1. The third-order valence-corrected chi connectivity index (χ3v) is 4.43. The molecule has 0 aromatic carbocycles. The Labute approximate surface area is 134 Å². The van der Waals surface area contributed by atoms with Crippen LogP contribution in [0.25, 0.3) is 0 Å². The Hall–Kier alpha value is -0.450. The minimum atomic E-state index is 0.0448. The normalized spacial score (nSPS) is 14.8. The summed E-state index contributed by atoms with van der Waals surface area (Å²) in [4.78, 5) is 6.24. The first-order valence-electron chi connectivity index (χ1n) is 7.73. The van der Waals surface area contributed by atoms with Crippen LogP contribution in [0.2, 0.25) is 0 Å². The van der Waals surface area contributed by atoms with Crippen molar-refractivity contribution in [2.45, 2.75) is 79.5 Å². The molecule has 0 aliphatic rings. The van der Waals surface area contributed by atoms with Crippen molar-refractivity contribution in [2.75, 3.05) is 7.11 Å². The van der Waals surface area contributed by atoms with E-state index in [0.717, 1.165) is 11.6 Å². The van der Waals surface area contributed by atoms with Gasteiger partial charge in [0, 0.05) is 24.1 Å². The lowest BCUT2D eigenvalue weighted by Crippen LogP contribution is -2.35. The number of nitrogens with one attached hydrogen (secondary N) is 1. The molecule has 0 saturated carbocycles. The van der Waals surface area contributed by atoms with Gasteiger partial charge in [0.15, 0.2) is 0 Å². The summed E-state index contributed by atoms with van der Waals surface area (Å²) in [6, 6.07) is 0. The van der Waals surface area contributed by atoms with E-state index in [1.165, 1.54) is 10.6 Å². The van der Waals surface area contributed by atoms with E-state index in [1.807, 2.05) is 0 Å². The average molecular weight is 313 g/mol. The fourth-order valence-corrected chi connectivity index (χ4v) is 3.73. The molecule has 1 rings (SSSR count). The lowest BCUT2D eigenvalue weighted by molar-refractivity contribution is 0.0149. The first kappa shape index (κ1) is 18.6. The highest BCUT2D eigenvalue weighted by Gasteiger charge is 2.30. The summed E-state index contributed by atoms with van der Waals surface area (Å²) >= 11 is 1.79. The van der Waals surface area contributed by atoms with Gasteiger partial charge in [0.1, 0.15) is 11.1 Å². The zero-order valence-electron chi connectivity index (χ0n) is 15.1. The zero-order valence-corrected chi connectivity index (χ0v) is 15.9. The highest BCUT2D eigenvalue weighted by atomic mass is 32.1. The van der Waals surface area contributed by atoms with Gasteiger partial charge in [0.2, 0.25) is 0 Å². The summed E-state index contributed by atoms with van der Waals surface area (Å²) in [7, 11) is 1.78. The molecule has 1 aromatic rings. The maximum absolute atomic E-state index is 5.72. The lowest BCUT2D eigenvalue weighted by atomic mass is 9.89. The van der Waals surface area contributed by atoms with Crippen molar-refractivity contribution >= 4 is 11.3 Å². The predicted molar refractivity (Wildman–Crippen MR) is 92.0 cm³/mol. The minimum absolute atomic E-state index is 0.0448. The molecule has 0 aliphatic heterocycles. The molecule has 0 spiro atoms. The van der Waals surface area contributed by atoms with Gasteiger partial charge in [-0.3, -0.25) is 0 Å². The standard InChI is InChI=1S/C17H32N2OS/c1-11(2)13-12(10-18-17(6,7)8)21-15(19-13)14(20-9)16(3,4)5/h11,14,18H,10H2,1-9H3. The molecule has 1 atom stereocenters. The Morgan fingerprint density at radius 2 is 1.71 bits per heavy atom. The highest BCUT2D eigenvalue weighted by Crippen LogP contribution is 2.39. The fraction of sp³-hybridized carbons (Fsp3) is 0.824. The Bertz CT molecular complexity index is 452. The molecule has 1 unspecified atom stereocenters. The number of hydrogen-bond acceptors (Lipinski definition) is 4. The Morgan fingerprint density at radius 3 is 2.10 bits per heavy atom. The fourth-order valence-electron chi connectivity index (χ4n) is 2.24. The van der Waals surface area contributed by atoms with Crippen LogP contribution in [0.3, 0.4) is 0 Å². The maximum atomic E-state index is 5.72. The quantitative estimate of drug-likeness (QED) is 0.840. The third kappa shape index (κ3) is 5.35. The number of hydrogen-bond donors (Lipinski definition) is 1. The molecule has 0 bridgehead atoms. The summed E-state index contributed by atoms with van der Waals surface area (Å²) in [5.74, 6) is 0.434. The van der Waals surface area contributed by atoms with Gasteiger partial charge in [0.05, 0.1) is 5.69 Å². The van der Waals surface area contributed by atoms with Crippen LogP contribution in [0, 0.1) is 5.41 Å². The van der Waals surface area contributed by atoms with Crippen LogP contribution in [-0.4, -0.2) is 17.6 Å². The van der Waals surface area contributed by atoms with E-state index in [-0.39, 0.29) is 17.1 Å². The number of ether oxygens (including phenoxy) is 1. The van der Waals surface area contributed by atoms with E-state index in [4.69, 9.17) is 9.72 Å². The van der Waals surface area contributed by atoms with Gasteiger partial charge in [-0.25, -0.2) is 4.98 Å². The van der Waals surface area contributed by atoms with Gasteiger partial charge in [-0.05, 0) is 32.1 Å². The summed E-state index contributed by atoms with van der Waals surface area (Å²) in [5.41, 5.74) is 1.37. The van der Waals surface area contributed by atoms with Crippen LogP contribution in [0.15, 0.2) is 0 Å². The van der Waals surface area contributed by atoms with Crippen LogP contribution < -0.4 is 5.32 Å². The highest BCUT2D eigenvalue weighted by molar-refractivity contribution is 7.11. The lowest BCUT2D eigenvalue weighted by Gasteiger charge is -2.27. The Balaban J connectivity index is 3.09. The van der Waals surface area contributed by atoms with E-state index in [0.29, 0.717) is 5.92 Å². The minimum Gasteiger partial charge on any atom is -0.374 e. The molecule has 0 saturated heterocycles. The van der Waals surface area contributed by atoms with Crippen molar-refractivity contribution in [1.29, 1.82) is 0 Å². The second-order valence-corrected chi connectivity index (χ2v) is 9.22. The maximum Gasteiger partial charge on any atom is 0.123 e. The van der Waals surface area contributed by atoms with E-state index in [1.54, 1.807) is 18.4 Å². The summed E-state index contributed by atoms with van der Waals surface area (Å²) < 4.78 is 5.72. The molecule has 1 heterocycles. The monoisotopic (exact) mass is 312 g/mol. The Morgan fingerprint density at radius 1 is 1.14 bits per heavy atom. The average Bonchev–Trinajstić information content (AvgIpc) is 2.68. The van der Waals surface area contributed by atoms with Gasteiger partial charge in [-0.2, -0.15) is 0 Å². The van der Waals surface area contributed by atoms with Gasteiger partial charge >= 0.3 is 0 Å². The molecule has 3 nitrogen and oxygen atoms in total. The summed E-state index contributed by atoms with van der Waals surface area (Å²) in [5, 5.41) is 4.67. The van der Waals surface area contributed by atoms with Crippen molar-refractivity contribution in [1.82, 2.24) is 10.3 Å². The molecule has 21 heavy (non-hydrogen) atoms. The van der Waals surface area contributed by atoms with Crippen LogP contribution in [-0.2, 0) is 11.3 Å². The van der Waals surface area contributed by atoms with Gasteiger partial charge in [-0.15, -0.1) is 11.3 Å². The largest absolute Gasteiger partial charge is 0.374 e. The molecule has 1 aromatic heterocycles. The first-order chi connectivity index (χ1) is 9.45. The number of aromatic nitrogens is 1. The second kappa shape index (κ2) is 6.76. The molecule has 122 valence electrons. The molecular weight excluding hydrogens is 280 g/mol. The van der Waals surface area contributed by atoms with Crippen LogP contribution in [0.5, 0.6) is 0 Å². The number of rotatable bonds is 5. The van der Waals surface area contributed by atoms with E-state index in [2.05, 4.69) is 60.7 Å². The van der Waals surface area contributed by atoms with Crippen LogP contribution in [0.1, 0.15) is 83.0 Å². The third-order valence-electron chi connectivity index (χ3n) is 3.32. The summed E-state index contributed by atoms with van der Waals surface area (Å²) in [6.45, 7) is 18.5. The predicted octanol–water partition coefficient (Wildman–Crippen LogP) is 4.89. The van der Waals surface area contributed by atoms with Crippen molar-refractivity contribution in [3.05, 3.63) is 15.6 Å².